The molecule has 2 aliphatic heterocycles. The Labute approximate surface area is 252 Å². The van der Waals surface area contributed by atoms with Crippen molar-refractivity contribution in [3.8, 4) is 0 Å². The molecule has 1 saturated heterocycles. The van der Waals surface area contributed by atoms with Crippen molar-refractivity contribution in [2.75, 3.05) is 0 Å². The Morgan fingerprint density at radius 1 is 0.690 bits per heavy atom. The van der Waals surface area contributed by atoms with Crippen molar-refractivity contribution in [1.82, 2.24) is 0 Å². The van der Waals surface area contributed by atoms with Gasteiger partial charge in [-0.2, -0.15) is 0 Å². The third-order valence-corrected chi connectivity index (χ3v) is 13.2. The molecule has 3 nitrogen and oxygen atoms in total. The summed E-state index contributed by atoms with van der Waals surface area (Å²) in [5, 5.41) is 0. The van der Waals surface area contributed by atoms with Crippen LogP contribution in [-0.2, 0) is 4.74 Å². The fourth-order valence-corrected chi connectivity index (χ4v) is 11.6. The van der Waals surface area contributed by atoms with Crippen LogP contribution in [0.4, 0.5) is 0 Å². The SMILES string of the molecule is C1=CC2C3C=CC=CC3C3(C4CCCC=C4OC4CC(C5=NC6CCCCC6N=C5C5=CCCCC5)CCC43)C2C=C1. The molecule has 2 heterocycles. The molecule has 0 aromatic carbocycles. The summed E-state index contributed by atoms with van der Waals surface area (Å²) in [4.78, 5) is 11.2. The van der Waals surface area contributed by atoms with Crippen molar-refractivity contribution < 1.29 is 4.74 Å². The molecular formula is C39H48N2O. The maximum Gasteiger partial charge on any atom is 0.102 e. The van der Waals surface area contributed by atoms with Crippen LogP contribution in [0.1, 0.15) is 89.9 Å². The Kier molecular flexibility index (Phi) is 6.41. The van der Waals surface area contributed by atoms with E-state index in [1.165, 1.54) is 106 Å². The van der Waals surface area contributed by atoms with Crippen molar-refractivity contribution in [2.45, 2.75) is 108 Å². The van der Waals surface area contributed by atoms with Gasteiger partial charge in [0.25, 0.3) is 0 Å². The van der Waals surface area contributed by atoms with E-state index in [0.717, 1.165) is 6.42 Å². The van der Waals surface area contributed by atoms with Crippen LogP contribution in [0.2, 0.25) is 0 Å². The van der Waals surface area contributed by atoms with Crippen LogP contribution in [0.25, 0.3) is 0 Å². The number of rotatable bonds is 2. The molecule has 0 N–H and O–H groups in total. The molecule has 1 spiro atoms. The molecule has 3 heteroatoms. The highest BCUT2D eigenvalue weighted by molar-refractivity contribution is 6.49. The van der Waals surface area contributed by atoms with Crippen molar-refractivity contribution in [3.63, 3.8) is 0 Å². The van der Waals surface area contributed by atoms with E-state index in [1.54, 1.807) is 0 Å². The minimum atomic E-state index is 0.254. The lowest BCUT2D eigenvalue weighted by atomic mass is 9.48. The van der Waals surface area contributed by atoms with Gasteiger partial charge in [0.05, 0.1) is 29.3 Å². The lowest BCUT2D eigenvalue weighted by molar-refractivity contribution is -0.151. The van der Waals surface area contributed by atoms with E-state index >= 15 is 0 Å². The van der Waals surface area contributed by atoms with Gasteiger partial charge in [0.15, 0.2) is 0 Å². The molecule has 7 aliphatic carbocycles. The van der Waals surface area contributed by atoms with Crippen LogP contribution in [0.5, 0.6) is 0 Å². The molecule has 10 atom stereocenters. The van der Waals surface area contributed by atoms with E-state index in [4.69, 9.17) is 14.7 Å². The summed E-state index contributed by atoms with van der Waals surface area (Å²) in [5.41, 5.74) is 4.47. The van der Waals surface area contributed by atoms with Crippen LogP contribution in [0, 0.1) is 46.8 Å². The molecule has 0 aromatic heterocycles. The second-order valence-corrected chi connectivity index (χ2v) is 15.0. The average Bonchev–Trinajstić information content (AvgIpc) is 3.35. The van der Waals surface area contributed by atoms with Gasteiger partial charge in [0.2, 0.25) is 0 Å². The van der Waals surface area contributed by atoms with Gasteiger partial charge in [-0.05, 0) is 112 Å². The summed E-state index contributed by atoms with van der Waals surface area (Å²) >= 11 is 0. The van der Waals surface area contributed by atoms with E-state index in [2.05, 4.69) is 60.8 Å². The summed E-state index contributed by atoms with van der Waals surface area (Å²) in [6.07, 6.45) is 42.6. The summed E-state index contributed by atoms with van der Waals surface area (Å²) in [6, 6.07) is 0.835. The Morgan fingerprint density at radius 3 is 2.19 bits per heavy atom. The van der Waals surface area contributed by atoms with E-state index in [-0.39, 0.29) is 11.5 Å². The molecule has 0 amide bonds. The molecular weight excluding hydrogens is 512 g/mol. The lowest BCUT2D eigenvalue weighted by Crippen LogP contribution is -2.58. The van der Waals surface area contributed by atoms with E-state index < -0.39 is 0 Å². The zero-order chi connectivity index (χ0) is 27.7. The zero-order valence-electron chi connectivity index (χ0n) is 25.2. The predicted octanol–water partition coefficient (Wildman–Crippen LogP) is 8.91. The number of ether oxygens (including phenoxy) is 1. The van der Waals surface area contributed by atoms with Crippen molar-refractivity contribution >= 4 is 11.4 Å². The van der Waals surface area contributed by atoms with Crippen LogP contribution >= 0.6 is 0 Å². The predicted molar refractivity (Wildman–Crippen MR) is 172 cm³/mol. The second-order valence-electron chi connectivity index (χ2n) is 15.0. The van der Waals surface area contributed by atoms with Gasteiger partial charge in [-0.1, -0.05) is 67.5 Å². The molecule has 9 aliphatic rings. The Hall–Kier alpha value is -2.42. The molecule has 220 valence electrons. The number of fused-ring (bicyclic) bond motifs is 10. The number of aliphatic imine (C=N–C) groups is 2. The van der Waals surface area contributed by atoms with Gasteiger partial charge in [-0.25, -0.2) is 0 Å². The molecule has 3 saturated carbocycles. The standard InChI is InChI=1S/C39H48N2O/c1-2-12-25(13-3-1)37-38(41-34-20-10-9-19-33(34)40-37)26-22-23-32-36(24-26)42-35-21-11-8-18-31(35)39(32)29-16-6-4-14-27(29)28-15-5-7-17-30(28)39/h4-7,12,14-17,21,26-34,36H,1-3,8-11,13,18-20,22-24H2. The zero-order valence-corrected chi connectivity index (χ0v) is 25.2. The largest absolute Gasteiger partial charge is 0.494 e. The number of nitrogens with zero attached hydrogens (tertiary/aromatic N) is 2. The van der Waals surface area contributed by atoms with Gasteiger partial charge in [0, 0.05) is 23.2 Å². The molecule has 0 aromatic rings. The average molecular weight is 561 g/mol. The first-order chi connectivity index (χ1) is 20.8. The Bertz CT molecular complexity index is 1320. The molecule has 10 unspecified atom stereocenters. The molecule has 4 fully saturated rings. The first kappa shape index (κ1) is 26.0. The van der Waals surface area contributed by atoms with Gasteiger partial charge in [-0.15, -0.1) is 0 Å². The number of allylic oxidation sites excluding steroid dienone is 12. The van der Waals surface area contributed by atoms with Gasteiger partial charge >= 0.3 is 0 Å². The Morgan fingerprint density at radius 2 is 1.43 bits per heavy atom. The van der Waals surface area contributed by atoms with Gasteiger partial charge in [-0.3, -0.25) is 9.98 Å². The highest BCUT2D eigenvalue weighted by Crippen LogP contribution is 2.71. The molecule has 42 heavy (non-hydrogen) atoms. The highest BCUT2D eigenvalue weighted by Gasteiger charge is 2.68. The minimum absolute atomic E-state index is 0.254. The summed E-state index contributed by atoms with van der Waals surface area (Å²) < 4.78 is 7.22. The highest BCUT2D eigenvalue weighted by atomic mass is 16.5. The van der Waals surface area contributed by atoms with Crippen LogP contribution < -0.4 is 0 Å². The second kappa shape index (κ2) is 10.3. The minimum Gasteiger partial charge on any atom is -0.494 e. The maximum absolute atomic E-state index is 7.22. The third kappa shape index (κ3) is 3.83. The number of hydrogen-bond donors (Lipinski definition) is 0. The fourth-order valence-electron chi connectivity index (χ4n) is 11.6. The van der Waals surface area contributed by atoms with Crippen LogP contribution in [0.15, 0.2) is 82.1 Å². The van der Waals surface area contributed by atoms with Crippen molar-refractivity contribution in [1.29, 1.82) is 0 Å². The number of hydrogen-bond acceptors (Lipinski definition) is 3. The van der Waals surface area contributed by atoms with Gasteiger partial charge < -0.3 is 4.74 Å². The maximum atomic E-state index is 7.22. The van der Waals surface area contributed by atoms with E-state index in [9.17, 15) is 0 Å². The van der Waals surface area contributed by atoms with E-state index in [1.807, 2.05) is 0 Å². The smallest absolute Gasteiger partial charge is 0.102 e. The Balaban J connectivity index is 1.10. The van der Waals surface area contributed by atoms with Gasteiger partial charge in [0.1, 0.15) is 6.10 Å². The monoisotopic (exact) mass is 560 g/mol. The van der Waals surface area contributed by atoms with Crippen molar-refractivity contribution in [3.05, 3.63) is 72.1 Å². The third-order valence-electron chi connectivity index (χ3n) is 13.2. The first-order valence-electron chi connectivity index (χ1n) is 17.7. The topological polar surface area (TPSA) is 34.0 Å². The quantitative estimate of drug-likeness (QED) is 0.332. The van der Waals surface area contributed by atoms with Crippen molar-refractivity contribution in [2.24, 2.45) is 56.8 Å². The lowest BCUT2D eigenvalue weighted by Gasteiger charge is -2.60. The van der Waals surface area contributed by atoms with Crippen LogP contribution in [0.3, 0.4) is 0 Å². The molecule has 9 rings (SSSR count). The van der Waals surface area contributed by atoms with E-state index in [0.29, 0.717) is 53.5 Å². The molecule has 0 radical (unpaired) electrons. The normalized spacial score (nSPS) is 46.7. The molecule has 0 bridgehead atoms. The summed E-state index contributed by atoms with van der Waals surface area (Å²) in [5.74, 6) is 5.42. The van der Waals surface area contributed by atoms with Crippen LogP contribution in [-0.4, -0.2) is 29.6 Å². The fraction of sp³-hybridized carbons (Fsp3) is 0.641. The first-order valence-corrected chi connectivity index (χ1v) is 17.7. The summed E-state index contributed by atoms with van der Waals surface area (Å²) in [6.45, 7) is 0. The summed E-state index contributed by atoms with van der Waals surface area (Å²) in [7, 11) is 0.